The summed E-state index contributed by atoms with van der Waals surface area (Å²) in [6, 6.07) is 11.4. The zero-order chi connectivity index (χ0) is 23.7. The number of methoxy groups -OCH3 is 1. The minimum absolute atomic E-state index is 0.0759. The molecule has 34 heavy (non-hydrogen) atoms. The van der Waals surface area contributed by atoms with Gasteiger partial charge >= 0.3 is 5.97 Å². The van der Waals surface area contributed by atoms with Crippen LogP contribution in [0.3, 0.4) is 0 Å². The smallest absolute Gasteiger partial charge is 0.336 e. The minimum atomic E-state index is -0.905. The fourth-order valence-corrected chi connectivity index (χ4v) is 5.28. The number of carbonyl (C=O) groups is 1. The number of fused-ring (bicyclic) bond motifs is 1. The molecule has 4 aromatic rings. The van der Waals surface area contributed by atoms with Crippen molar-refractivity contribution in [3.8, 4) is 5.75 Å². The molecule has 7 nitrogen and oxygen atoms in total. The van der Waals surface area contributed by atoms with E-state index in [1.165, 1.54) is 0 Å². The molecule has 2 aromatic carbocycles. The van der Waals surface area contributed by atoms with Crippen LogP contribution in [-0.2, 0) is 6.54 Å². The third kappa shape index (κ3) is 4.03. The Kier molecular flexibility index (Phi) is 6.02. The van der Waals surface area contributed by atoms with E-state index < -0.39 is 5.97 Å². The SMILES string of the molecule is COc1cc(C)c2[nH]ccc2c1CN1CC[C@H](c2cnccn2)C[C@H]1c1ccccc1C(=O)O. The number of carboxylic acid groups (broad SMARTS) is 1. The van der Waals surface area contributed by atoms with E-state index in [1.54, 1.807) is 31.6 Å². The number of benzene rings is 2. The number of hydrogen-bond donors (Lipinski definition) is 2. The highest BCUT2D eigenvalue weighted by atomic mass is 16.5. The Labute approximate surface area is 198 Å². The van der Waals surface area contributed by atoms with E-state index in [-0.39, 0.29) is 12.0 Å². The molecule has 1 aliphatic rings. The highest BCUT2D eigenvalue weighted by Crippen LogP contribution is 2.42. The molecule has 5 rings (SSSR count). The Hall–Kier alpha value is -3.71. The van der Waals surface area contributed by atoms with Crippen LogP contribution < -0.4 is 4.74 Å². The molecule has 0 radical (unpaired) electrons. The number of piperidine rings is 1. The van der Waals surface area contributed by atoms with Gasteiger partial charge in [0.2, 0.25) is 0 Å². The summed E-state index contributed by atoms with van der Waals surface area (Å²) in [7, 11) is 1.70. The predicted molar refractivity (Wildman–Crippen MR) is 130 cm³/mol. The van der Waals surface area contributed by atoms with Gasteiger partial charge in [-0.3, -0.25) is 14.9 Å². The molecule has 2 N–H and O–H groups in total. The largest absolute Gasteiger partial charge is 0.496 e. The molecule has 0 amide bonds. The normalized spacial score (nSPS) is 18.8. The predicted octanol–water partition coefficient (Wildman–Crippen LogP) is 5.09. The molecule has 0 unspecified atom stereocenters. The van der Waals surface area contributed by atoms with Crippen LogP contribution in [0.15, 0.2) is 61.2 Å². The Morgan fingerprint density at radius 2 is 2.12 bits per heavy atom. The molecule has 1 saturated heterocycles. The van der Waals surface area contributed by atoms with E-state index in [4.69, 9.17) is 4.74 Å². The van der Waals surface area contributed by atoms with Gasteiger partial charge in [0.1, 0.15) is 5.75 Å². The van der Waals surface area contributed by atoms with Gasteiger partial charge in [-0.25, -0.2) is 4.79 Å². The standard InChI is InChI=1S/C27H28N4O3/c1-17-13-25(34-2)22(20-7-9-30-26(17)20)16-31-12-8-18(23-15-28-10-11-29-23)14-24(31)19-5-3-4-6-21(19)27(32)33/h3-7,9-11,13,15,18,24,30H,8,12,14,16H2,1-2H3,(H,32,33)/t18-,24-/m0/s1. The molecular formula is C27H28N4O3. The van der Waals surface area contributed by atoms with Crippen molar-refractivity contribution >= 4 is 16.9 Å². The fraction of sp³-hybridized carbons (Fsp3) is 0.296. The molecule has 0 aliphatic carbocycles. The molecule has 1 fully saturated rings. The van der Waals surface area contributed by atoms with Crippen molar-refractivity contribution in [1.29, 1.82) is 0 Å². The van der Waals surface area contributed by atoms with E-state index in [1.807, 2.05) is 24.5 Å². The minimum Gasteiger partial charge on any atom is -0.496 e. The van der Waals surface area contributed by atoms with Crippen molar-refractivity contribution in [3.05, 3.63) is 89.1 Å². The molecule has 2 atom stereocenters. The Bertz CT molecular complexity index is 1320. The van der Waals surface area contributed by atoms with Crippen LogP contribution in [0.25, 0.3) is 10.9 Å². The lowest BCUT2D eigenvalue weighted by Crippen LogP contribution is -2.37. The maximum Gasteiger partial charge on any atom is 0.336 e. The molecule has 174 valence electrons. The van der Waals surface area contributed by atoms with Gasteiger partial charge < -0.3 is 14.8 Å². The summed E-state index contributed by atoms with van der Waals surface area (Å²) in [5.74, 6) is 0.160. The molecule has 0 spiro atoms. The van der Waals surface area contributed by atoms with Crippen molar-refractivity contribution in [1.82, 2.24) is 19.9 Å². The second-order valence-corrected chi connectivity index (χ2v) is 8.87. The third-order valence-electron chi connectivity index (χ3n) is 6.96. The average Bonchev–Trinajstić information content (AvgIpc) is 3.37. The number of rotatable bonds is 6. The van der Waals surface area contributed by atoms with Crippen LogP contribution in [0.5, 0.6) is 5.75 Å². The first-order chi connectivity index (χ1) is 16.6. The first-order valence-electron chi connectivity index (χ1n) is 11.5. The number of nitrogens with zero attached hydrogens (tertiary/aromatic N) is 3. The maximum atomic E-state index is 12.1. The first-order valence-corrected chi connectivity index (χ1v) is 11.5. The molecule has 1 aliphatic heterocycles. The number of aryl methyl sites for hydroxylation is 1. The van der Waals surface area contributed by atoms with Gasteiger partial charge in [0.15, 0.2) is 0 Å². The van der Waals surface area contributed by atoms with Crippen LogP contribution in [0.2, 0.25) is 0 Å². The van der Waals surface area contributed by atoms with Crippen LogP contribution in [0, 0.1) is 6.92 Å². The third-order valence-corrected chi connectivity index (χ3v) is 6.96. The number of ether oxygens (including phenoxy) is 1. The zero-order valence-corrected chi connectivity index (χ0v) is 19.4. The van der Waals surface area contributed by atoms with Crippen molar-refractivity contribution in [3.63, 3.8) is 0 Å². The summed E-state index contributed by atoms with van der Waals surface area (Å²) in [5, 5.41) is 11.1. The van der Waals surface area contributed by atoms with Gasteiger partial charge in [-0.1, -0.05) is 18.2 Å². The lowest BCUT2D eigenvalue weighted by atomic mass is 9.83. The Balaban J connectivity index is 1.56. The van der Waals surface area contributed by atoms with Gasteiger partial charge in [0.05, 0.1) is 18.4 Å². The van der Waals surface area contributed by atoms with E-state index >= 15 is 0 Å². The lowest BCUT2D eigenvalue weighted by Gasteiger charge is -2.40. The summed E-state index contributed by atoms with van der Waals surface area (Å²) in [4.78, 5) is 26.6. The van der Waals surface area contributed by atoms with Crippen LogP contribution in [0.4, 0.5) is 0 Å². The first kappa shape index (κ1) is 22.1. The lowest BCUT2D eigenvalue weighted by molar-refractivity contribution is 0.0687. The van der Waals surface area contributed by atoms with Crippen molar-refractivity contribution in [2.45, 2.75) is 38.3 Å². The number of nitrogens with one attached hydrogen (secondary N) is 1. The van der Waals surface area contributed by atoms with Gasteiger partial charge in [0.25, 0.3) is 0 Å². The van der Waals surface area contributed by atoms with E-state index in [9.17, 15) is 9.90 Å². The van der Waals surface area contributed by atoms with Crippen molar-refractivity contribution < 1.29 is 14.6 Å². The summed E-state index contributed by atoms with van der Waals surface area (Å²) in [6.45, 7) is 3.54. The van der Waals surface area contributed by atoms with Crippen molar-refractivity contribution in [2.24, 2.45) is 0 Å². The summed E-state index contributed by atoms with van der Waals surface area (Å²) < 4.78 is 5.79. The van der Waals surface area contributed by atoms with Crippen molar-refractivity contribution in [2.75, 3.05) is 13.7 Å². The molecule has 7 heteroatoms. The van der Waals surface area contributed by atoms with Crippen LogP contribution in [0.1, 0.15) is 57.5 Å². The second-order valence-electron chi connectivity index (χ2n) is 8.87. The van der Waals surface area contributed by atoms with Crippen LogP contribution in [-0.4, -0.2) is 44.6 Å². The van der Waals surface area contributed by atoms with Gasteiger partial charge in [-0.15, -0.1) is 0 Å². The molecule has 3 heterocycles. The molecule has 0 bridgehead atoms. The number of carboxylic acids is 1. The quantitative estimate of drug-likeness (QED) is 0.420. The highest BCUT2D eigenvalue weighted by Gasteiger charge is 2.34. The number of aromatic carboxylic acids is 1. The number of H-pyrrole nitrogens is 1. The fourth-order valence-electron chi connectivity index (χ4n) is 5.28. The zero-order valence-electron chi connectivity index (χ0n) is 19.4. The number of likely N-dealkylation sites (tertiary alicyclic amines) is 1. The molecule has 2 aromatic heterocycles. The maximum absolute atomic E-state index is 12.1. The topological polar surface area (TPSA) is 91.3 Å². The van der Waals surface area contributed by atoms with E-state index in [2.05, 4.69) is 38.9 Å². The Morgan fingerprint density at radius 3 is 2.88 bits per heavy atom. The van der Waals surface area contributed by atoms with Gasteiger partial charge in [0, 0.05) is 59.8 Å². The number of aromatic amines is 1. The summed E-state index contributed by atoms with van der Waals surface area (Å²) in [6.07, 6.45) is 8.89. The Morgan fingerprint density at radius 1 is 1.26 bits per heavy atom. The highest BCUT2D eigenvalue weighted by molar-refractivity contribution is 5.90. The monoisotopic (exact) mass is 456 g/mol. The van der Waals surface area contributed by atoms with Crippen LogP contribution >= 0.6 is 0 Å². The van der Waals surface area contributed by atoms with Gasteiger partial charge in [-0.05, 0) is 55.6 Å². The number of aromatic nitrogens is 3. The summed E-state index contributed by atoms with van der Waals surface area (Å²) >= 11 is 0. The molecule has 0 saturated carbocycles. The second kappa shape index (κ2) is 9.27. The van der Waals surface area contributed by atoms with E-state index in [0.29, 0.717) is 12.1 Å². The summed E-state index contributed by atoms with van der Waals surface area (Å²) in [5.41, 5.74) is 5.49. The van der Waals surface area contributed by atoms with Gasteiger partial charge in [-0.2, -0.15) is 0 Å². The molecular weight excluding hydrogens is 428 g/mol. The van der Waals surface area contributed by atoms with E-state index in [0.717, 1.165) is 58.4 Å². The average molecular weight is 457 g/mol. The number of hydrogen-bond acceptors (Lipinski definition) is 5.